The van der Waals surface area contributed by atoms with Crippen molar-refractivity contribution < 1.29 is 9.53 Å². The first-order chi connectivity index (χ1) is 15.2. The summed E-state index contributed by atoms with van der Waals surface area (Å²) in [6.45, 7) is 0.550. The largest absolute Gasteiger partial charge is 0.484 e. The minimum absolute atomic E-state index is 0.0792. The molecule has 0 saturated heterocycles. The second-order valence-corrected chi connectivity index (χ2v) is 8.50. The molecule has 2 heterocycles. The van der Waals surface area contributed by atoms with E-state index in [1.165, 1.54) is 4.68 Å². The van der Waals surface area contributed by atoms with Crippen molar-refractivity contribution in [2.45, 2.75) is 25.4 Å². The van der Waals surface area contributed by atoms with Crippen molar-refractivity contribution in [1.29, 1.82) is 0 Å². The molecule has 1 amide bonds. The van der Waals surface area contributed by atoms with Crippen LogP contribution < -0.4 is 15.7 Å². The molecular weight excluding hydrogens is 412 g/mol. The molecule has 0 radical (unpaired) electrons. The van der Waals surface area contributed by atoms with Gasteiger partial charge in [-0.3, -0.25) is 9.36 Å². The molecule has 158 valence electrons. The average Bonchev–Trinajstić information content (AvgIpc) is 3.36. The molecule has 1 saturated carbocycles. The van der Waals surface area contributed by atoms with E-state index in [9.17, 15) is 9.59 Å². The van der Waals surface area contributed by atoms with Gasteiger partial charge in [0, 0.05) is 12.6 Å². The number of aromatic nitrogens is 3. The Labute approximate surface area is 182 Å². The molecule has 4 aromatic rings. The second-order valence-electron chi connectivity index (χ2n) is 7.56. The molecular formula is C23H22N4O3S. The van der Waals surface area contributed by atoms with Crippen LogP contribution in [0.5, 0.6) is 5.75 Å². The molecule has 0 spiro atoms. The van der Waals surface area contributed by atoms with Crippen LogP contribution in [0.2, 0.25) is 0 Å². The molecule has 0 bridgehead atoms. The first-order valence-corrected chi connectivity index (χ1v) is 11.2. The molecule has 0 unspecified atom stereocenters. The maximum atomic E-state index is 12.8. The Morgan fingerprint density at radius 3 is 2.74 bits per heavy atom. The van der Waals surface area contributed by atoms with E-state index in [1.807, 2.05) is 60.0 Å². The van der Waals surface area contributed by atoms with Gasteiger partial charge in [0.1, 0.15) is 5.75 Å². The fraction of sp³-hybridized carbons (Fsp3) is 0.261. The molecule has 7 nitrogen and oxygen atoms in total. The Morgan fingerprint density at radius 1 is 1.13 bits per heavy atom. The number of thiophene rings is 1. The van der Waals surface area contributed by atoms with E-state index in [-0.39, 0.29) is 24.2 Å². The van der Waals surface area contributed by atoms with Gasteiger partial charge in [-0.2, -0.15) is 0 Å². The number of rotatable bonds is 8. The molecule has 31 heavy (non-hydrogen) atoms. The van der Waals surface area contributed by atoms with Crippen molar-refractivity contribution in [2.75, 3.05) is 13.2 Å². The van der Waals surface area contributed by atoms with Crippen LogP contribution in [-0.2, 0) is 11.3 Å². The van der Waals surface area contributed by atoms with E-state index in [0.29, 0.717) is 24.7 Å². The Morgan fingerprint density at radius 2 is 1.97 bits per heavy atom. The third-order valence-electron chi connectivity index (χ3n) is 5.26. The van der Waals surface area contributed by atoms with E-state index in [2.05, 4.69) is 10.4 Å². The lowest BCUT2D eigenvalue weighted by atomic mass is 10.1. The summed E-state index contributed by atoms with van der Waals surface area (Å²) >= 11 is 1.57. The molecule has 2 aromatic carbocycles. The van der Waals surface area contributed by atoms with Gasteiger partial charge >= 0.3 is 5.69 Å². The summed E-state index contributed by atoms with van der Waals surface area (Å²) in [4.78, 5) is 26.0. The smallest absolute Gasteiger partial charge is 0.346 e. The zero-order valence-corrected chi connectivity index (χ0v) is 17.7. The predicted molar refractivity (Wildman–Crippen MR) is 121 cm³/mol. The Balaban J connectivity index is 1.18. The quantitative estimate of drug-likeness (QED) is 0.461. The van der Waals surface area contributed by atoms with Crippen molar-refractivity contribution in [3.63, 3.8) is 0 Å². The normalized spacial score (nSPS) is 13.4. The number of carbonyl (C=O) groups excluding carboxylic acids is 1. The summed E-state index contributed by atoms with van der Waals surface area (Å²) in [6, 6.07) is 17.9. The highest BCUT2D eigenvalue weighted by atomic mass is 32.1. The number of hydrogen-bond donors (Lipinski definition) is 1. The van der Waals surface area contributed by atoms with Gasteiger partial charge in [-0.05, 0) is 47.2 Å². The van der Waals surface area contributed by atoms with Crippen LogP contribution in [0.3, 0.4) is 0 Å². The summed E-state index contributed by atoms with van der Waals surface area (Å²) in [5, 5.41) is 11.5. The number of benzene rings is 2. The van der Waals surface area contributed by atoms with Gasteiger partial charge in [0.05, 0.1) is 11.4 Å². The van der Waals surface area contributed by atoms with Crippen LogP contribution in [0, 0.1) is 0 Å². The number of nitrogens with one attached hydrogen (secondary N) is 1. The fourth-order valence-electron chi connectivity index (χ4n) is 3.56. The van der Waals surface area contributed by atoms with Crippen molar-refractivity contribution in [1.82, 2.24) is 19.7 Å². The van der Waals surface area contributed by atoms with Gasteiger partial charge in [0.2, 0.25) is 0 Å². The number of hydrogen-bond acceptors (Lipinski definition) is 5. The molecule has 1 aliphatic carbocycles. The van der Waals surface area contributed by atoms with Gasteiger partial charge in [-0.1, -0.05) is 36.4 Å². The molecule has 0 aliphatic heterocycles. The Hall–Kier alpha value is -3.39. The third kappa shape index (κ3) is 4.25. The van der Waals surface area contributed by atoms with Gasteiger partial charge in [-0.15, -0.1) is 16.4 Å². The standard InChI is InChI=1S/C23H22N4O3S/c28-21(15-30-19-10-7-16-4-1-2-5-17(16)14-19)24-11-12-26-23(29)27(18-8-9-18)22(25-26)20-6-3-13-31-20/h1-7,10,13-14,18H,8-9,11-12,15H2,(H,24,28). The molecule has 1 aliphatic rings. The number of fused-ring (bicyclic) bond motifs is 1. The molecule has 8 heteroatoms. The monoisotopic (exact) mass is 434 g/mol. The first-order valence-electron chi connectivity index (χ1n) is 10.3. The summed E-state index contributed by atoms with van der Waals surface area (Å²) in [6.07, 6.45) is 2.01. The number of nitrogens with zero attached hydrogens (tertiary/aromatic N) is 3. The number of amides is 1. The van der Waals surface area contributed by atoms with E-state index in [0.717, 1.165) is 28.5 Å². The average molecular weight is 435 g/mol. The molecule has 1 N–H and O–H groups in total. The number of carbonyl (C=O) groups is 1. The predicted octanol–water partition coefficient (Wildman–Crippen LogP) is 3.46. The van der Waals surface area contributed by atoms with Crippen LogP contribution in [0.1, 0.15) is 18.9 Å². The maximum absolute atomic E-state index is 12.8. The zero-order valence-electron chi connectivity index (χ0n) is 16.9. The topological polar surface area (TPSA) is 78.2 Å². The first kappa shape index (κ1) is 19.6. The highest BCUT2D eigenvalue weighted by molar-refractivity contribution is 7.13. The molecule has 1 fully saturated rings. The van der Waals surface area contributed by atoms with Crippen LogP contribution >= 0.6 is 11.3 Å². The van der Waals surface area contributed by atoms with Crippen LogP contribution in [0.4, 0.5) is 0 Å². The van der Waals surface area contributed by atoms with E-state index in [4.69, 9.17) is 4.74 Å². The van der Waals surface area contributed by atoms with Gasteiger partial charge in [0.15, 0.2) is 12.4 Å². The summed E-state index contributed by atoms with van der Waals surface area (Å²) in [7, 11) is 0. The molecule has 2 aromatic heterocycles. The summed E-state index contributed by atoms with van der Waals surface area (Å²) < 4.78 is 8.85. The van der Waals surface area contributed by atoms with Crippen molar-refractivity contribution in [3.05, 3.63) is 70.5 Å². The van der Waals surface area contributed by atoms with Crippen molar-refractivity contribution >= 4 is 28.0 Å². The van der Waals surface area contributed by atoms with Crippen molar-refractivity contribution in [3.8, 4) is 16.5 Å². The molecule has 0 atom stereocenters. The minimum Gasteiger partial charge on any atom is -0.484 e. The van der Waals surface area contributed by atoms with Crippen LogP contribution in [0.25, 0.3) is 21.5 Å². The van der Waals surface area contributed by atoms with Crippen molar-refractivity contribution in [2.24, 2.45) is 0 Å². The van der Waals surface area contributed by atoms with Gasteiger partial charge in [-0.25, -0.2) is 9.48 Å². The van der Waals surface area contributed by atoms with Gasteiger partial charge in [0.25, 0.3) is 5.91 Å². The number of ether oxygens (including phenoxy) is 1. The molecule has 5 rings (SSSR count). The highest BCUT2D eigenvalue weighted by Gasteiger charge is 2.30. The van der Waals surface area contributed by atoms with Crippen LogP contribution in [-0.4, -0.2) is 33.4 Å². The van der Waals surface area contributed by atoms with E-state index in [1.54, 1.807) is 15.9 Å². The van der Waals surface area contributed by atoms with Crippen LogP contribution in [0.15, 0.2) is 64.8 Å². The zero-order chi connectivity index (χ0) is 21.2. The lowest BCUT2D eigenvalue weighted by Crippen LogP contribution is -2.34. The van der Waals surface area contributed by atoms with Gasteiger partial charge < -0.3 is 10.1 Å². The maximum Gasteiger partial charge on any atom is 0.346 e. The minimum atomic E-state index is -0.235. The lowest BCUT2D eigenvalue weighted by Gasteiger charge is -2.08. The summed E-state index contributed by atoms with van der Waals surface area (Å²) in [5.74, 6) is 1.13. The van der Waals surface area contributed by atoms with E-state index < -0.39 is 0 Å². The fourth-order valence-corrected chi connectivity index (χ4v) is 4.27. The van der Waals surface area contributed by atoms with E-state index >= 15 is 0 Å². The highest BCUT2D eigenvalue weighted by Crippen LogP contribution is 2.37. The Bertz CT molecular complexity index is 1270. The third-order valence-corrected chi connectivity index (χ3v) is 6.13. The summed E-state index contributed by atoms with van der Waals surface area (Å²) in [5.41, 5.74) is -0.118. The lowest BCUT2D eigenvalue weighted by molar-refractivity contribution is -0.123. The second kappa shape index (κ2) is 8.39. The SMILES string of the molecule is O=C(COc1ccc2ccccc2c1)NCCn1nc(-c2cccs2)n(C2CC2)c1=O. The Kier molecular flexibility index (Phi) is 5.30.